The molecule has 82 valence electrons. The minimum Gasteiger partial charge on any atom is -0.487 e. The number of hydrogen-bond acceptors (Lipinski definition) is 3. The molecule has 0 amide bonds. The van der Waals surface area contributed by atoms with Gasteiger partial charge in [-0.3, -0.25) is 4.98 Å². The van der Waals surface area contributed by atoms with Gasteiger partial charge in [-0.15, -0.1) is 0 Å². The van der Waals surface area contributed by atoms with Crippen LogP contribution >= 0.6 is 0 Å². The molecular weight excluding hydrogens is 190 g/mol. The Morgan fingerprint density at radius 1 is 1.33 bits per heavy atom. The largest absolute Gasteiger partial charge is 0.487 e. The van der Waals surface area contributed by atoms with Crippen LogP contribution in [-0.4, -0.2) is 17.2 Å². The highest BCUT2D eigenvalue weighted by molar-refractivity contribution is 5.39. The summed E-state index contributed by atoms with van der Waals surface area (Å²) in [6, 6.07) is 1.93. The third-order valence-electron chi connectivity index (χ3n) is 2.15. The van der Waals surface area contributed by atoms with E-state index in [2.05, 4.69) is 4.98 Å². The van der Waals surface area contributed by atoms with E-state index in [9.17, 15) is 0 Å². The topological polar surface area (TPSA) is 31.4 Å². The first-order chi connectivity index (χ1) is 7.15. The molecule has 1 heterocycles. The second kappa shape index (κ2) is 4.09. The number of rotatable bonds is 4. The Hall–Kier alpha value is -1.25. The van der Waals surface area contributed by atoms with Crippen LogP contribution in [-0.2, 0) is 0 Å². The summed E-state index contributed by atoms with van der Waals surface area (Å²) in [4.78, 5) is 4.22. The van der Waals surface area contributed by atoms with Gasteiger partial charge in [-0.2, -0.15) is 0 Å². The minimum absolute atomic E-state index is 0.161. The molecule has 15 heavy (non-hydrogen) atoms. The summed E-state index contributed by atoms with van der Waals surface area (Å²) in [6.45, 7) is 5.97. The number of aryl methyl sites for hydroxylation is 1. The summed E-state index contributed by atoms with van der Waals surface area (Å²) in [6.07, 6.45) is 4.59. The van der Waals surface area contributed by atoms with Gasteiger partial charge in [0.15, 0.2) is 11.5 Å². The Kier molecular flexibility index (Phi) is 2.80. The SMILES string of the molecule is Cc1cc(OC(C)C)c(OC2CC2)cn1. The summed E-state index contributed by atoms with van der Waals surface area (Å²) in [5.74, 6) is 1.58. The lowest BCUT2D eigenvalue weighted by atomic mass is 10.3. The molecule has 3 heteroatoms. The van der Waals surface area contributed by atoms with E-state index >= 15 is 0 Å². The van der Waals surface area contributed by atoms with Crippen molar-refractivity contribution in [2.75, 3.05) is 0 Å². The quantitative estimate of drug-likeness (QED) is 0.760. The molecular formula is C12H17NO2. The van der Waals surface area contributed by atoms with Gasteiger partial charge < -0.3 is 9.47 Å². The summed E-state index contributed by atoms with van der Waals surface area (Å²) in [5, 5.41) is 0. The second-order valence-corrected chi connectivity index (χ2v) is 4.26. The molecule has 0 N–H and O–H groups in total. The molecule has 1 aromatic rings. The van der Waals surface area contributed by atoms with Crippen molar-refractivity contribution in [1.29, 1.82) is 0 Å². The summed E-state index contributed by atoms with van der Waals surface area (Å²) in [7, 11) is 0. The van der Waals surface area contributed by atoms with E-state index in [1.165, 1.54) is 0 Å². The maximum atomic E-state index is 5.72. The fraction of sp³-hybridized carbons (Fsp3) is 0.583. The Balaban J connectivity index is 2.17. The van der Waals surface area contributed by atoms with Crippen LogP contribution in [0.1, 0.15) is 32.4 Å². The van der Waals surface area contributed by atoms with Crippen LogP contribution in [0.4, 0.5) is 0 Å². The molecule has 0 atom stereocenters. The molecule has 0 bridgehead atoms. The molecule has 3 nitrogen and oxygen atoms in total. The summed E-state index contributed by atoms with van der Waals surface area (Å²) < 4.78 is 11.4. The van der Waals surface area contributed by atoms with Crippen LogP contribution in [0.3, 0.4) is 0 Å². The summed E-state index contributed by atoms with van der Waals surface area (Å²) in [5.41, 5.74) is 0.953. The number of pyridine rings is 1. The second-order valence-electron chi connectivity index (χ2n) is 4.26. The third-order valence-corrected chi connectivity index (χ3v) is 2.15. The maximum Gasteiger partial charge on any atom is 0.179 e. The van der Waals surface area contributed by atoms with E-state index in [0.717, 1.165) is 30.0 Å². The Bertz CT molecular complexity index is 345. The smallest absolute Gasteiger partial charge is 0.179 e. The maximum absolute atomic E-state index is 5.72. The van der Waals surface area contributed by atoms with Crippen molar-refractivity contribution in [3.63, 3.8) is 0 Å². The van der Waals surface area contributed by atoms with Gasteiger partial charge in [0.1, 0.15) is 0 Å². The molecule has 1 aliphatic carbocycles. The van der Waals surface area contributed by atoms with Gasteiger partial charge in [-0.1, -0.05) is 0 Å². The first-order valence-corrected chi connectivity index (χ1v) is 5.45. The first-order valence-electron chi connectivity index (χ1n) is 5.45. The van der Waals surface area contributed by atoms with E-state index in [4.69, 9.17) is 9.47 Å². The molecule has 0 aromatic carbocycles. The normalized spacial score (nSPS) is 15.5. The fourth-order valence-corrected chi connectivity index (χ4v) is 1.32. The third kappa shape index (κ3) is 2.85. The predicted molar refractivity (Wildman–Crippen MR) is 58.4 cm³/mol. The van der Waals surface area contributed by atoms with Gasteiger partial charge in [0, 0.05) is 11.8 Å². The van der Waals surface area contributed by atoms with Crippen molar-refractivity contribution < 1.29 is 9.47 Å². The van der Waals surface area contributed by atoms with Crippen molar-refractivity contribution >= 4 is 0 Å². The van der Waals surface area contributed by atoms with E-state index < -0.39 is 0 Å². The predicted octanol–water partition coefficient (Wildman–Crippen LogP) is 2.72. The number of ether oxygens (including phenoxy) is 2. The van der Waals surface area contributed by atoms with Gasteiger partial charge in [-0.05, 0) is 33.6 Å². The molecule has 0 unspecified atom stereocenters. The van der Waals surface area contributed by atoms with Gasteiger partial charge >= 0.3 is 0 Å². The van der Waals surface area contributed by atoms with Gasteiger partial charge in [0.2, 0.25) is 0 Å². The van der Waals surface area contributed by atoms with Gasteiger partial charge in [0.05, 0.1) is 18.4 Å². The van der Waals surface area contributed by atoms with Crippen molar-refractivity contribution in [2.24, 2.45) is 0 Å². The monoisotopic (exact) mass is 207 g/mol. The van der Waals surface area contributed by atoms with Crippen molar-refractivity contribution in [2.45, 2.75) is 45.8 Å². The van der Waals surface area contributed by atoms with Crippen LogP contribution in [0.25, 0.3) is 0 Å². The molecule has 1 saturated carbocycles. The van der Waals surface area contributed by atoms with E-state index in [1.807, 2.05) is 26.8 Å². The molecule has 1 aromatic heterocycles. The van der Waals surface area contributed by atoms with E-state index in [-0.39, 0.29) is 6.10 Å². The van der Waals surface area contributed by atoms with Crippen LogP contribution in [0.5, 0.6) is 11.5 Å². The molecule has 0 aliphatic heterocycles. The van der Waals surface area contributed by atoms with Crippen LogP contribution in [0, 0.1) is 6.92 Å². The molecule has 0 radical (unpaired) electrons. The van der Waals surface area contributed by atoms with Crippen molar-refractivity contribution in [1.82, 2.24) is 4.98 Å². The number of aromatic nitrogens is 1. The zero-order chi connectivity index (χ0) is 10.8. The minimum atomic E-state index is 0.161. The average Bonchev–Trinajstić information content (AvgIpc) is 2.92. The Morgan fingerprint density at radius 2 is 2.07 bits per heavy atom. The zero-order valence-electron chi connectivity index (χ0n) is 9.49. The lowest BCUT2D eigenvalue weighted by Crippen LogP contribution is -2.08. The summed E-state index contributed by atoms with van der Waals surface area (Å²) >= 11 is 0. The molecule has 0 saturated heterocycles. The van der Waals surface area contributed by atoms with Crippen LogP contribution in [0.2, 0.25) is 0 Å². The average molecular weight is 207 g/mol. The van der Waals surface area contributed by atoms with Gasteiger partial charge in [-0.25, -0.2) is 0 Å². The first kappa shape index (κ1) is 10.3. The number of nitrogens with zero attached hydrogens (tertiary/aromatic N) is 1. The molecule has 2 rings (SSSR count). The number of hydrogen-bond donors (Lipinski definition) is 0. The molecule has 1 aliphatic rings. The lowest BCUT2D eigenvalue weighted by Gasteiger charge is -2.14. The van der Waals surface area contributed by atoms with E-state index in [1.54, 1.807) is 6.20 Å². The van der Waals surface area contributed by atoms with Crippen molar-refractivity contribution in [3.8, 4) is 11.5 Å². The highest BCUT2D eigenvalue weighted by atomic mass is 16.5. The molecule has 0 spiro atoms. The Morgan fingerprint density at radius 3 is 2.67 bits per heavy atom. The molecule has 1 fully saturated rings. The fourth-order valence-electron chi connectivity index (χ4n) is 1.32. The van der Waals surface area contributed by atoms with Crippen LogP contribution in [0.15, 0.2) is 12.3 Å². The van der Waals surface area contributed by atoms with E-state index in [0.29, 0.717) is 6.10 Å². The standard InChI is InChI=1S/C12H17NO2/c1-8(2)14-11-6-9(3)13-7-12(11)15-10-4-5-10/h6-8,10H,4-5H2,1-3H3. The van der Waals surface area contributed by atoms with Crippen LogP contribution < -0.4 is 9.47 Å². The van der Waals surface area contributed by atoms with Crippen molar-refractivity contribution in [3.05, 3.63) is 18.0 Å². The zero-order valence-corrected chi connectivity index (χ0v) is 9.49. The Labute approximate surface area is 90.4 Å². The highest BCUT2D eigenvalue weighted by Crippen LogP contribution is 2.33. The highest BCUT2D eigenvalue weighted by Gasteiger charge is 2.25. The van der Waals surface area contributed by atoms with Gasteiger partial charge in [0.25, 0.3) is 0 Å². The lowest BCUT2D eigenvalue weighted by molar-refractivity contribution is 0.216.